The van der Waals surface area contributed by atoms with Crippen molar-refractivity contribution in [2.75, 3.05) is 5.43 Å². The maximum Gasteiger partial charge on any atom is 0.256 e. The molecule has 1 aromatic carbocycles. The number of nitrogens with one attached hydrogen (secondary N) is 1. The smallest absolute Gasteiger partial charge is 0.256 e. The highest BCUT2D eigenvalue weighted by Crippen LogP contribution is 2.26. The van der Waals surface area contributed by atoms with E-state index >= 15 is 0 Å². The van der Waals surface area contributed by atoms with Gasteiger partial charge in [0.2, 0.25) is 0 Å². The van der Waals surface area contributed by atoms with Crippen LogP contribution in [0.2, 0.25) is 10.0 Å². The lowest BCUT2D eigenvalue weighted by molar-refractivity contribution is 0.968. The lowest BCUT2D eigenvalue weighted by Crippen LogP contribution is -2.11. The van der Waals surface area contributed by atoms with E-state index in [1.807, 2.05) is 0 Å². The molecule has 1 heterocycles. The molecule has 2 rings (SSSR count). The molecule has 0 bridgehead atoms. The first-order valence-electron chi connectivity index (χ1n) is 4.32. The number of halogens is 2. The molecule has 82 valence electrons. The fourth-order valence-electron chi connectivity index (χ4n) is 1.13. The quantitative estimate of drug-likeness (QED) is 0.635. The van der Waals surface area contributed by atoms with E-state index in [1.54, 1.807) is 24.4 Å². The zero-order valence-corrected chi connectivity index (χ0v) is 9.50. The van der Waals surface area contributed by atoms with Crippen LogP contribution in [0.5, 0.6) is 0 Å². The van der Waals surface area contributed by atoms with E-state index in [2.05, 4.69) is 20.6 Å². The second kappa shape index (κ2) is 4.61. The molecule has 0 radical (unpaired) electrons. The molecule has 0 spiro atoms. The van der Waals surface area contributed by atoms with E-state index in [0.29, 0.717) is 15.7 Å². The van der Waals surface area contributed by atoms with Gasteiger partial charge in [0.1, 0.15) is 5.69 Å². The van der Waals surface area contributed by atoms with Crippen molar-refractivity contribution in [3.8, 4) is 11.3 Å². The molecule has 0 saturated heterocycles. The van der Waals surface area contributed by atoms with Crippen LogP contribution in [0.1, 0.15) is 0 Å². The Kier molecular flexibility index (Phi) is 3.19. The second-order valence-corrected chi connectivity index (χ2v) is 3.75. The van der Waals surface area contributed by atoms with Gasteiger partial charge in [-0.05, 0) is 12.1 Å². The summed E-state index contributed by atoms with van der Waals surface area (Å²) in [7, 11) is 0. The van der Waals surface area contributed by atoms with Crippen LogP contribution < -0.4 is 11.3 Å². The van der Waals surface area contributed by atoms with E-state index in [1.165, 1.54) is 0 Å². The third-order valence-corrected chi connectivity index (χ3v) is 2.65. The molecule has 0 amide bonds. The molecule has 1 aromatic heterocycles. The number of nitrogens with two attached hydrogens (primary N) is 1. The van der Waals surface area contributed by atoms with Gasteiger partial charge in [-0.1, -0.05) is 29.3 Å². The zero-order chi connectivity index (χ0) is 11.5. The average Bonchev–Trinajstić information content (AvgIpc) is 2.33. The Hall–Kier alpha value is -1.43. The first kappa shape index (κ1) is 11.1. The summed E-state index contributed by atoms with van der Waals surface area (Å²) in [5.74, 6) is 5.38. The Balaban J connectivity index is 2.38. The topological polar surface area (TPSA) is 76.7 Å². The number of hydrazine groups is 1. The fraction of sp³-hybridized carbons (Fsp3) is 0. The van der Waals surface area contributed by atoms with Crippen LogP contribution in [-0.2, 0) is 0 Å². The lowest BCUT2D eigenvalue weighted by atomic mass is 10.2. The molecule has 16 heavy (non-hydrogen) atoms. The largest absolute Gasteiger partial charge is 0.291 e. The summed E-state index contributed by atoms with van der Waals surface area (Å²) in [4.78, 5) is 3.94. The normalized spacial score (nSPS) is 10.2. The minimum atomic E-state index is 0.254. The number of nitrogen functional groups attached to an aromatic ring is 1. The van der Waals surface area contributed by atoms with Crippen molar-refractivity contribution in [1.82, 2.24) is 15.2 Å². The average molecular weight is 256 g/mol. The van der Waals surface area contributed by atoms with Gasteiger partial charge in [-0.25, -0.2) is 10.8 Å². The van der Waals surface area contributed by atoms with Crippen molar-refractivity contribution in [3.63, 3.8) is 0 Å². The van der Waals surface area contributed by atoms with Crippen molar-refractivity contribution >= 4 is 29.2 Å². The number of nitrogens with zero attached hydrogens (tertiary/aromatic N) is 3. The summed E-state index contributed by atoms with van der Waals surface area (Å²) in [6, 6.07) is 5.18. The van der Waals surface area contributed by atoms with E-state index in [9.17, 15) is 0 Å². The van der Waals surface area contributed by atoms with E-state index in [0.717, 1.165) is 5.56 Å². The third-order valence-electron chi connectivity index (χ3n) is 1.91. The van der Waals surface area contributed by atoms with Gasteiger partial charge >= 0.3 is 0 Å². The number of benzene rings is 1. The summed E-state index contributed by atoms with van der Waals surface area (Å²) < 4.78 is 0. The SMILES string of the molecule is NNc1ncc(-c2ccc(Cl)c(Cl)c2)nn1. The predicted octanol–water partition coefficient (Wildman–Crippen LogP) is 2.13. The minimum absolute atomic E-state index is 0.254. The Labute approximate surface area is 102 Å². The van der Waals surface area contributed by atoms with Crippen molar-refractivity contribution in [1.29, 1.82) is 0 Å². The van der Waals surface area contributed by atoms with Crippen molar-refractivity contribution in [2.24, 2.45) is 5.84 Å². The van der Waals surface area contributed by atoms with Gasteiger partial charge in [-0.15, -0.1) is 10.2 Å². The van der Waals surface area contributed by atoms with Crippen molar-refractivity contribution in [3.05, 3.63) is 34.4 Å². The van der Waals surface area contributed by atoms with E-state index in [4.69, 9.17) is 29.0 Å². The zero-order valence-electron chi connectivity index (χ0n) is 7.98. The van der Waals surface area contributed by atoms with Gasteiger partial charge < -0.3 is 0 Å². The number of aromatic nitrogens is 3. The molecule has 0 atom stereocenters. The molecular formula is C9H7Cl2N5. The standard InChI is InChI=1S/C9H7Cl2N5/c10-6-2-1-5(3-7(6)11)8-4-13-9(14-12)16-15-8/h1-4H,12H2,(H,13,14,16). The summed E-state index contributed by atoms with van der Waals surface area (Å²) in [6.07, 6.45) is 1.54. The highest BCUT2D eigenvalue weighted by molar-refractivity contribution is 6.42. The highest BCUT2D eigenvalue weighted by atomic mass is 35.5. The number of anilines is 1. The first-order chi connectivity index (χ1) is 7.70. The minimum Gasteiger partial charge on any atom is -0.291 e. The number of hydrogen-bond acceptors (Lipinski definition) is 5. The van der Waals surface area contributed by atoms with Crippen LogP contribution in [0.15, 0.2) is 24.4 Å². The van der Waals surface area contributed by atoms with Gasteiger partial charge in [-0.2, -0.15) is 0 Å². The molecule has 0 unspecified atom stereocenters. The summed E-state index contributed by atoms with van der Waals surface area (Å²) in [6.45, 7) is 0. The van der Waals surface area contributed by atoms with Crippen molar-refractivity contribution in [2.45, 2.75) is 0 Å². The van der Waals surface area contributed by atoms with Gasteiger partial charge in [0.25, 0.3) is 5.95 Å². The van der Waals surface area contributed by atoms with E-state index < -0.39 is 0 Å². The van der Waals surface area contributed by atoms with Crippen LogP contribution in [0.4, 0.5) is 5.95 Å². The Morgan fingerprint density at radius 3 is 2.50 bits per heavy atom. The lowest BCUT2D eigenvalue weighted by Gasteiger charge is -2.02. The van der Waals surface area contributed by atoms with Crippen LogP contribution in [0, 0.1) is 0 Å². The third kappa shape index (κ3) is 2.21. The highest BCUT2D eigenvalue weighted by Gasteiger charge is 2.04. The Bertz CT molecular complexity index is 500. The molecule has 0 saturated carbocycles. The Morgan fingerprint density at radius 2 is 1.94 bits per heavy atom. The van der Waals surface area contributed by atoms with Crippen molar-refractivity contribution < 1.29 is 0 Å². The molecule has 0 aliphatic carbocycles. The molecule has 0 aliphatic rings. The molecular weight excluding hydrogens is 249 g/mol. The van der Waals surface area contributed by atoms with Crippen LogP contribution in [0.25, 0.3) is 11.3 Å². The van der Waals surface area contributed by atoms with E-state index in [-0.39, 0.29) is 5.95 Å². The van der Waals surface area contributed by atoms with Gasteiger partial charge in [-0.3, -0.25) is 5.43 Å². The maximum absolute atomic E-state index is 5.89. The Morgan fingerprint density at radius 1 is 1.12 bits per heavy atom. The molecule has 5 nitrogen and oxygen atoms in total. The second-order valence-electron chi connectivity index (χ2n) is 2.94. The monoisotopic (exact) mass is 255 g/mol. The van der Waals surface area contributed by atoms with Crippen LogP contribution in [0.3, 0.4) is 0 Å². The summed E-state index contributed by atoms with van der Waals surface area (Å²) in [5.41, 5.74) is 3.68. The predicted molar refractivity (Wildman–Crippen MR) is 63.1 cm³/mol. The summed E-state index contributed by atoms with van der Waals surface area (Å²) >= 11 is 11.7. The molecule has 0 fully saturated rings. The van der Waals surface area contributed by atoms with Gasteiger partial charge in [0.05, 0.1) is 16.2 Å². The van der Waals surface area contributed by atoms with Gasteiger partial charge in [0, 0.05) is 5.56 Å². The number of rotatable bonds is 2. The molecule has 2 aromatic rings. The first-order valence-corrected chi connectivity index (χ1v) is 5.08. The molecule has 7 heteroatoms. The molecule has 3 N–H and O–H groups in total. The van der Waals surface area contributed by atoms with Gasteiger partial charge in [0.15, 0.2) is 0 Å². The fourth-order valence-corrected chi connectivity index (χ4v) is 1.43. The number of hydrogen-bond donors (Lipinski definition) is 2. The van der Waals surface area contributed by atoms with Crippen LogP contribution in [-0.4, -0.2) is 15.2 Å². The maximum atomic E-state index is 5.89. The molecule has 0 aliphatic heterocycles. The summed E-state index contributed by atoms with van der Waals surface area (Å²) in [5, 5.41) is 8.64. The van der Waals surface area contributed by atoms with Crippen LogP contribution >= 0.6 is 23.2 Å².